The standard InChI is InChI=1S/C19H29NO3S2/c1-2-15-13-16-17(24-15)3-10-23-19(16)4-8-20(9-5-19)14-18(21)6-11-25(22)12-7-18/h13,21H,2-12,14H2,1H3. The molecule has 1 N–H and O–H groups in total. The molecule has 4 rings (SSSR count). The molecule has 0 saturated carbocycles. The number of nitrogens with zero attached hydrogens (tertiary/aromatic N) is 1. The van der Waals surface area contributed by atoms with E-state index < -0.39 is 16.4 Å². The van der Waals surface area contributed by atoms with Gasteiger partial charge in [0.15, 0.2) is 0 Å². The zero-order valence-corrected chi connectivity index (χ0v) is 16.7. The van der Waals surface area contributed by atoms with Gasteiger partial charge in [-0.2, -0.15) is 0 Å². The van der Waals surface area contributed by atoms with E-state index in [1.165, 1.54) is 15.3 Å². The predicted molar refractivity (Wildman–Crippen MR) is 103 cm³/mol. The summed E-state index contributed by atoms with van der Waals surface area (Å²) in [5.41, 5.74) is 0.714. The van der Waals surface area contributed by atoms with E-state index in [4.69, 9.17) is 4.74 Å². The molecule has 4 heterocycles. The number of aryl methyl sites for hydroxylation is 1. The van der Waals surface area contributed by atoms with Gasteiger partial charge in [-0.3, -0.25) is 4.21 Å². The molecule has 1 aromatic rings. The van der Waals surface area contributed by atoms with Crippen LogP contribution >= 0.6 is 11.3 Å². The van der Waals surface area contributed by atoms with Crippen molar-refractivity contribution in [2.24, 2.45) is 0 Å². The Balaban J connectivity index is 1.42. The first-order chi connectivity index (χ1) is 12.0. The average molecular weight is 384 g/mol. The van der Waals surface area contributed by atoms with E-state index >= 15 is 0 Å². The number of aliphatic hydroxyl groups is 1. The van der Waals surface area contributed by atoms with Crippen molar-refractivity contribution in [2.75, 3.05) is 37.7 Å². The summed E-state index contributed by atoms with van der Waals surface area (Å²) < 4.78 is 17.9. The molecule has 0 aromatic carbocycles. The number of rotatable bonds is 3. The molecule has 2 saturated heterocycles. The Kier molecular flexibility index (Phi) is 5.10. The van der Waals surface area contributed by atoms with Crippen LogP contribution in [-0.4, -0.2) is 57.6 Å². The van der Waals surface area contributed by atoms with Crippen LogP contribution in [0.5, 0.6) is 0 Å². The fourth-order valence-electron chi connectivity index (χ4n) is 4.54. The molecule has 0 atom stereocenters. The summed E-state index contributed by atoms with van der Waals surface area (Å²) in [5, 5.41) is 10.8. The second kappa shape index (κ2) is 7.04. The molecule has 0 aliphatic carbocycles. The molecule has 4 nitrogen and oxygen atoms in total. The Hall–Kier alpha value is -0.270. The fourth-order valence-corrected chi connectivity index (χ4v) is 7.14. The average Bonchev–Trinajstić information content (AvgIpc) is 3.05. The summed E-state index contributed by atoms with van der Waals surface area (Å²) in [4.78, 5) is 5.40. The van der Waals surface area contributed by atoms with Crippen LogP contribution in [0.15, 0.2) is 6.07 Å². The third kappa shape index (κ3) is 3.61. The number of piperidine rings is 1. The normalized spacial score (nSPS) is 32.6. The van der Waals surface area contributed by atoms with Crippen molar-refractivity contribution >= 4 is 22.1 Å². The third-order valence-electron chi connectivity index (χ3n) is 6.18. The zero-order valence-electron chi connectivity index (χ0n) is 15.1. The first-order valence-corrected chi connectivity index (χ1v) is 11.9. The van der Waals surface area contributed by atoms with Gasteiger partial charge in [-0.1, -0.05) is 6.92 Å². The maximum absolute atomic E-state index is 11.6. The van der Waals surface area contributed by atoms with Gasteiger partial charge in [-0.05, 0) is 43.7 Å². The molecule has 6 heteroatoms. The van der Waals surface area contributed by atoms with Gasteiger partial charge in [0.25, 0.3) is 0 Å². The van der Waals surface area contributed by atoms with Gasteiger partial charge in [-0.25, -0.2) is 0 Å². The molecule has 0 unspecified atom stereocenters. The van der Waals surface area contributed by atoms with Crippen LogP contribution in [0.2, 0.25) is 0 Å². The topological polar surface area (TPSA) is 49.8 Å². The largest absolute Gasteiger partial charge is 0.388 e. The van der Waals surface area contributed by atoms with Crippen LogP contribution in [0.3, 0.4) is 0 Å². The summed E-state index contributed by atoms with van der Waals surface area (Å²) in [7, 11) is -0.723. The van der Waals surface area contributed by atoms with Crippen molar-refractivity contribution in [2.45, 2.75) is 56.7 Å². The Morgan fingerprint density at radius 2 is 2.00 bits per heavy atom. The van der Waals surface area contributed by atoms with Crippen LogP contribution in [-0.2, 0) is 34.0 Å². The molecule has 2 fully saturated rings. The Labute approximate surface area is 157 Å². The minimum absolute atomic E-state index is 0.0926. The number of thiophene rings is 1. The third-order valence-corrected chi connectivity index (χ3v) is 8.84. The molecular weight excluding hydrogens is 354 g/mol. The molecule has 25 heavy (non-hydrogen) atoms. The summed E-state index contributed by atoms with van der Waals surface area (Å²) in [6.45, 7) is 5.74. The van der Waals surface area contributed by atoms with Crippen LogP contribution in [0.1, 0.15) is 47.9 Å². The monoisotopic (exact) mass is 383 g/mol. The van der Waals surface area contributed by atoms with Crippen molar-refractivity contribution < 1.29 is 14.1 Å². The van der Waals surface area contributed by atoms with E-state index in [1.54, 1.807) is 0 Å². The van der Waals surface area contributed by atoms with E-state index in [9.17, 15) is 9.32 Å². The van der Waals surface area contributed by atoms with Crippen molar-refractivity contribution in [3.05, 3.63) is 21.4 Å². The highest BCUT2D eigenvalue weighted by Gasteiger charge is 2.43. The Morgan fingerprint density at radius 3 is 2.68 bits per heavy atom. The summed E-state index contributed by atoms with van der Waals surface area (Å²) >= 11 is 1.97. The van der Waals surface area contributed by atoms with E-state index in [0.717, 1.165) is 51.9 Å². The highest BCUT2D eigenvalue weighted by molar-refractivity contribution is 7.85. The first kappa shape index (κ1) is 18.1. The van der Waals surface area contributed by atoms with Crippen molar-refractivity contribution in [1.82, 2.24) is 4.90 Å². The van der Waals surface area contributed by atoms with Gasteiger partial charge in [0.2, 0.25) is 0 Å². The second-order valence-electron chi connectivity index (χ2n) is 7.84. The van der Waals surface area contributed by atoms with Crippen LogP contribution in [0.25, 0.3) is 0 Å². The SMILES string of the molecule is CCc1cc2c(s1)CCOC21CCN(CC2(O)CCS(=O)CC2)CC1. The lowest BCUT2D eigenvalue weighted by Crippen LogP contribution is -2.52. The van der Waals surface area contributed by atoms with Crippen molar-refractivity contribution in [3.63, 3.8) is 0 Å². The molecule has 1 spiro atoms. The van der Waals surface area contributed by atoms with Gasteiger partial charge >= 0.3 is 0 Å². The van der Waals surface area contributed by atoms with Crippen LogP contribution in [0.4, 0.5) is 0 Å². The lowest BCUT2D eigenvalue weighted by atomic mass is 9.81. The van der Waals surface area contributed by atoms with E-state index in [1.807, 2.05) is 11.3 Å². The highest BCUT2D eigenvalue weighted by Crippen LogP contribution is 2.45. The van der Waals surface area contributed by atoms with E-state index in [-0.39, 0.29) is 5.60 Å². The molecular formula is C19H29NO3S2. The number of β-amino-alcohol motifs (C(OH)–C–C–N with tert-alkyl or cyclic N) is 1. The molecule has 3 aliphatic heterocycles. The van der Waals surface area contributed by atoms with Crippen LogP contribution < -0.4 is 0 Å². The maximum Gasteiger partial charge on any atom is 0.0966 e. The molecule has 3 aliphatic rings. The maximum atomic E-state index is 11.6. The number of likely N-dealkylation sites (tertiary alicyclic amines) is 1. The first-order valence-electron chi connectivity index (χ1n) is 9.58. The molecule has 0 bridgehead atoms. The van der Waals surface area contributed by atoms with Gasteiger partial charge in [-0.15, -0.1) is 11.3 Å². The van der Waals surface area contributed by atoms with E-state index in [0.29, 0.717) is 24.3 Å². The van der Waals surface area contributed by atoms with Gasteiger partial charge < -0.3 is 14.7 Å². The van der Waals surface area contributed by atoms with Crippen molar-refractivity contribution in [1.29, 1.82) is 0 Å². The van der Waals surface area contributed by atoms with Crippen molar-refractivity contribution in [3.8, 4) is 0 Å². The number of fused-ring (bicyclic) bond motifs is 2. The van der Waals surface area contributed by atoms with Crippen LogP contribution in [0, 0.1) is 0 Å². The zero-order chi connectivity index (χ0) is 17.5. The number of hydrogen-bond acceptors (Lipinski definition) is 5. The van der Waals surface area contributed by atoms with Gasteiger partial charge in [0.05, 0.1) is 17.8 Å². The minimum atomic E-state index is -0.723. The Bertz CT molecular complexity index is 639. The smallest absolute Gasteiger partial charge is 0.0966 e. The molecule has 0 amide bonds. The summed E-state index contributed by atoms with van der Waals surface area (Å²) in [5.74, 6) is 1.30. The van der Waals surface area contributed by atoms with Gasteiger partial charge in [0, 0.05) is 58.1 Å². The summed E-state index contributed by atoms with van der Waals surface area (Å²) in [6.07, 6.45) is 5.54. The molecule has 140 valence electrons. The molecule has 1 aromatic heterocycles. The predicted octanol–water partition coefficient (Wildman–Crippen LogP) is 2.45. The lowest BCUT2D eigenvalue weighted by Gasteiger charge is -2.46. The molecule has 0 radical (unpaired) electrons. The second-order valence-corrected chi connectivity index (χ2v) is 10.8. The lowest BCUT2D eigenvalue weighted by molar-refractivity contribution is -0.107. The fraction of sp³-hybridized carbons (Fsp3) is 0.789. The highest BCUT2D eigenvalue weighted by atomic mass is 32.2. The van der Waals surface area contributed by atoms with Gasteiger partial charge in [0.1, 0.15) is 0 Å². The number of hydrogen-bond donors (Lipinski definition) is 1. The van der Waals surface area contributed by atoms with E-state index in [2.05, 4.69) is 17.9 Å². The Morgan fingerprint density at radius 1 is 1.28 bits per heavy atom. The minimum Gasteiger partial charge on any atom is -0.388 e. The number of ether oxygens (including phenoxy) is 1. The summed E-state index contributed by atoms with van der Waals surface area (Å²) in [6, 6.07) is 2.39. The quantitative estimate of drug-likeness (QED) is 0.871.